The number of aromatic nitrogens is 4. The molecular formula is C11H10ClN5. The summed E-state index contributed by atoms with van der Waals surface area (Å²) in [5.74, 6) is 0.398. The van der Waals surface area contributed by atoms with Crippen LogP contribution in [0.3, 0.4) is 0 Å². The van der Waals surface area contributed by atoms with Gasteiger partial charge in [0.1, 0.15) is 0 Å². The Hall–Kier alpha value is -2.01. The molecule has 0 saturated heterocycles. The van der Waals surface area contributed by atoms with Gasteiger partial charge in [0.05, 0.1) is 23.1 Å². The summed E-state index contributed by atoms with van der Waals surface area (Å²) < 4.78 is 1.76. The SMILES string of the molecule is Cn1c(N)nc(Cl)c1-c1ccc2nc[nH]c2c1. The van der Waals surface area contributed by atoms with E-state index in [0.717, 1.165) is 22.3 Å². The number of nitrogens with zero attached hydrogens (tertiary/aromatic N) is 3. The molecule has 0 atom stereocenters. The Bertz CT molecular complexity index is 697. The molecule has 6 heteroatoms. The van der Waals surface area contributed by atoms with E-state index in [2.05, 4.69) is 15.0 Å². The van der Waals surface area contributed by atoms with Crippen molar-refractivity contribution in [2.24, 2.45) is 7.05 Å². The number of hydrogen-bond donors (Lipinski definition) is 2. The molecule has 0 amide bonds. The van der Waals surface area contributed by atoms with Crippen LogP contribution in [-0.4, -0.2) is 19.5 Å². The molecule has 0 unspecified atom stereocenters. The monoisotopic (exact) mass is 247 g/mol. The maximum absolute atomic E-state index is 6.07. The number of nitrogens with two attached hydrogens (primary N) is 1. The van der Waals surface area contributed by atoms with Crippen LogP contribution in [0.15, 0.2) is 24.5 Å². The fraction of sp³-hybridized carbons (Fsp3) is 0.0909. The minimum absolute atomic E-state index is 0.398. The van der Waals surface area contributed by atoms with Crippen molar-refractivity contribution < 1.29 is 0 Å². The van der Waals surface area contributed by atoms with Gasteiger partial charge in [0.25, 0.3) is 0 Å². The van der Waals surface area contributed by atoms with Gasteiger partial charge >= 0.3 is 0 Å². The third kappa shape index (κ3) is 1.47. The molecule has 0 spiro atoms. The standard InChI is InChI=1S/C11H10ClN5/c1-17-9(10(12)16-11(17)13)6-2-3-7-8(4-6)15-5-14-7/h2-5H,1H3,(H2,13,16)(H,14,15). The van der Waals surface area contributed by atoms with E-state index >= 15 is 0 Å². The lowest BCUT2D eigenvalue weighted by molar-refractivity contribution is 0.938. The van der Waals surface area contributed by atoms with Crippen molar-refractivity contribution >= 4 is 28.6 Å². The van der Waals surface area contributed by atoms with Gasteiger partial charge in [-0.05, 0) is 12.1 Å². The van der Waals surface area contributed by atoms with Crippen LogP contribution in [0.2, 0.25) is 5.15 Å². The van der Waals surface area contributed by atoms with Gasteiger partial charge in [-0.2, -0.15) is 0 Å². The Kier molecular flexibility index (Phi) is 2.09. The van der Waals surface area contributed by atoms with Crippen LogP contribution in [-0.2, 0) is 7.05 Å². The Labute approximate surface area is 102 Å². The second-order valence-electron chi connectivity index (χ2n) is 3.80. The number of anilines is 1. The molecule has 3 rings (SSSR count). The molecule has 3 aromatic rings. The van der Waals surface area contributed by atoms with Gasteiger partial charge in [0, 0.05) is 12.6 Å². The first-order valence-corrected chi connectivity index (χ1v) is 5.46. The van der Waals surface area contributed by atoms with Crippen LogP contribution in [0, 0.1) is 0 Å². The summed E-state index contributed by atoms with van der Waals surface area (Å²) in [6.07, 6.45) is 1.66. The number of H-pyrrole nitrogens is 1. The zero-order chi connectivity index (χ0) is 12.0. The highest BCUT2D eigenvalue weighted by Gasteiger charge is 2.13. The van der Waals surface area contributed by atoms with E-state index in [-0.39, 0.29) is 0 Å². The van der Waals surface area contributed by atoms with Crippen LogP contribution >= 0.6 is 11.6 Å². The van der Waals surface area contributed by atoms with Crippen molar-refractivity contribution in [3.05, 3.63) is 29.7 Å². The normalized spacial score (nSPS) is 11.2. The summed E-state index contributed by atoms with van der Waals surface area (Å²) in [5, 5.41) is 0.406. The second kappa shape index (κ2) is 3.49. The van der Waals surface area contributed by atoms with Gasteiger partial charge in [-0.25, -0.2) is 9.97 Å². The summed E-state index contributed by atoms with van der Waals surface area (Å²) in [6, 6.07) is 5.86. The highest BCUT2D eigenvalue weighted by Crippen LogP contribution is 2.30. The molecule has 1 aromatic carbocycles. The van der Waals surface area contributed by atoms with Crippen molar-refractivity contribution in [2.75, 3.05) is 5.73 Å². The van der Waals surface area contributed by atoms with Gasteiger partial charge in [0.15, 0.2) is 5.15 Å². The summed E-state index contributed by atoms with van der Waals surface area (Å²) in [6.45, 7) is 0. The summed E-state index contributed by atoms with van der Waals surface area (Å²) >= 11 is 6.07. The molecule has 0 fully saturated rings. The molecule has 0 aliphatic rings. The van der Waals surface area contributed by atoms with E-state index in [0.29, 0.717) is 11.1 Å². The molecule has 17 heavy (non-hydrogen) atoms. The van der Waals surface area contributed by atoms with E-state index < -0.39 is 0 Å². The molecule has 86 valence electrons. The fourth-order valence-electron chi connectivity index (χ4n) is 1.88. The second-order valence-corrected chi connectivity index (χ2v) is 4.16. The zero-order valence-electron chi connectivity index (χ0n) is 9.11. The smallest absolute Gasteiger partial charge is 0.201 e. The fourth-order valence-corrected chi connectivity index (χ4v) is 2.20. The number of imidazole rings is 2. The molecule has 2 aromatic heterocycles. The molecule has 2 heterocycles. The van der Waals surface area contributed by atoms with Crippen molar-refractivity contribution in [1.82, 2.24) is 19.5 Å². The van der Waals surface area contributed by atoms with Crippen LogP contribution in [0.5, 0.6) is 0 Å². The van der Waals surface area contributed by atoms with Gasteiger partial charge in [-0.3, -0.25) is 0 Å². The number of nitrogen functional groups attached to an aromatic ring is 1. The summed E-state index contributed by atoms with van der Waals surface area (Å²) in [7, 11) is 1.83. The number of benzene rings is 1. The Morgan fingerprint density at radius 1 is 1.41 bits per heavy atom. The molecule has 0 bridgehead atoms. The molecular weight excluding hydrogens is 238 g/mol. The lowest BCUT2D eigenvalue weighted by Crippen LogP contribution is -1.98. The predicted octanol–water partition coefficient (Wildman–Crippen LogP) is 2.20. The highest BCUT2D eigenvalue weighted by atomic mass is 35.5. The van der Waals surface area contributed by atoms with Crippen LogP contribution in [0.4, 0.5) is 5.95 Å². The first kappa shape index (κ1) is 10.2. The maximum atomic E-state index is 6.07. The Morgan fingerprint density at radius 3 is 2.94 bits per heavy atom. The predicted molar refractivity (Wildman–Crippen MR) is 67.7 cm³/mol. The number of halogens is 1. The van der Waals surface area contributed by atoms with E-state index in [9.17, 15) is 0 Å². The highest BCUT2D eigenvalue weighted by molar-refractivity contribution is 6.32. The van der Waals surface area contributed by atoms with Crippen molar-refractivity contribution in [1.29, 1.82) is 0 Å². The average Bonchev–Trinajstić information content (AvgIpc) is 2.84. The summed E-state index contributed by atoms with van der Waals surface area (Å²) in [4.78, 5) is 11.3. The lowest BCUT2D eigenvalue weighted by atomic mass is 10.1. The van der Waals surface area contributed by atoms with E-state index in [4.69, 9.17) is 17.3 Å². The third-order valence-electron chi connectivity index (χ3n) is 2.78. The number of hydrogen-bond acceptors (Lipinski definition) is 3. The van der Waals surface area contributed by atoms with Gasteiger partial charge in [-0.1, -0.05) is 17.7 Å². The topological polar surface area (TPSA) is 72.5 Å². The molecule has 0 aliphatic heterocycles. The molecule has 5 nitrogen and oxygen atoms in total. The van der Waals surface area contributed by atoms with E-state index in [1.54, 1.807) is 10.9 Å². The van der Waals surface area contributed by atoms with Crippen LogP contribution < -0.4 is 5.73 Å². The largest absolute Gasteiger partial charge is 0.369 e. The van der Waals surface area contributed by atoms with E-state index in [1.807, 2.05) is 25.2 Å². The quantitative estimate of drug-likeness (QED) is 0.692. The van der Waals surface area contributed by atoms with Crippen molar-refractivity contribution in [3.63, 3.8) is 0 Å². The minimum Gasteiger partial charge on any atom is -0.369 e. The van der Waals surface area contributed by atoms with Gasteiger partial charge in [-0.15, -0.1) is 0 Å². The van der Waals surface area contributed by atoms with Crippen molar-refractivity contribution in [2.45, 2.75) is 0 Å². The lowest BCUT2D eigenvalue weighted by Gasteiger charge is -2.04. The van der Waals surface area contributed by atoms with Crippen LogP contribution in [0.25, 0.3) is 22.3 Å². The summed E-state index contributed by atoms with van der Waals surface area (Å²) in [5.41, 5.74) is 9.36. The third-order valence-corrected chi connectivity index (χ3v) is 3.04. The number of aromatic amines is 1. The van der Waals surface area contributed by atoms with Crippen molar-refractivity contribution in [3.8, 4) is 11.3 Å². The molecule has 0 saturated carbocycles. The number of nitrogens with one attached hydrogen (secondary N) is 1. The van der Waals surface area contributed by atoms with Gasteiger partial charge in [0.2, 0.25) is 5.95 Å². The zero-order valence-corrected chi connectivity index (χ0v) is 9.86. The molecule has 0 aliphatic carbocycles. The maximum Gasteiger partial charge on any atom is 0.201 e. The molecule has 3 N–H and O–H groups in total. The number of rotatable bonds is 1. The first-order chi connectivity index (χ1) is 8.16. The minimum atomic E-state index is 0.398. The number of fused-ring (bicyclic) bond motifs is 1. The Balaban J connectivity index is 2.26. The van der Waals surface area contributed by atoms with E-state index in [1.165, 1.54) is 0 Å². The van der Waals surface area contributed by atoms with Crippen LogP contribution in [0.1, 0.15) is 0 Å². The Morgan fingerprint density at radius 2 is 2.24 bits per heavy atom. The molecule has 0 radical (unpaired) electrons. The first-order valence-electron chi connectivity index (χ1n) is 5.08. The van der Waals surface area contributed by atoms with Gasteiger partial charge < -0.3 is 15.3 Å². The average molecular weight is 248 g/mol.